The Balaban J connectivity index is 1.53. The molecule has 1 N–H and O–H groups in total. The second-order valence-electron chi connectivity index (χ2n) is 9.64. The van der Waals surface area contributed by atoms with Crippen LogP contribution in [0.15, 0.2) is 54.7 Å². The van der Waals surface area contributed by atoms with E-state index in [-0.39, 0.29) is 6.10 Å². The zero-order valence-electron chi connectivity index (χ0n) is 21.4. The Hall–Kier alpha value is -2.67. The third-order valence-electron chi connectivity index (χ3n) is 6.86. The number of aliphatic hydroxyl groups excluding tert-OH is 1. The molecule has 38 heavy (non-hydrogen) atoms. The molecule has 196 valence electrons. The lowest BCUT2D eigenvalue weighted by atomic mass is 9.94. The Bertz CT molecular complexity index is 1510. The maximum absolute atomic E-state index is 9.78. The molecule has 2 aromatic carbocycles. The van der Waals surface area contributed by atoms with E-state index in [0.29, 0.717) is 39.7 Å². The molecule has 5 rings (SSSR count). The molecule has 0 unspecified atom stereocenters. The van der Waals surface area contributed by atoms with E-state index < -0.39 is 0 Å². The number of methoxy groups -OCH3 is 1. The van der Waals surface area contributed by atoms with E-state index in [9.17, 15) is 5.11 Å². The number of hydrogen-bond donors (Lipinski definition) is 1. The predicted octanol–water partition coefficient (Wildman–Crippen LogP) is 7.49. The van der Waals surface area contributed by atoms with Crippen molar-refractivity contribution < 1.29 is 9.84 Å². The summed E-state index contributed by atoms with van der Waals surface area (Å²) in [5.74, 6) is 0.562. The summed E-state index contributed by atoms with van der Waals surface area (Å²) in [6.45, 7) is 5.94. The molecule has 0 saturated carbocycles. The fraction of sp³-hybridized carbons (Fsp3) is 0.267. The van der Waals surface area contributed by atoms with E-state index in [4.69, 9.17) is 39.5 Å². The first-order valence-corrected chi connectivity index (χ1v) is 13.6. The van der Waals surface area contributed by atoms with Crippen molar-refractivity contribution in [1.29, 1.82) is 0 Å². The van der Waals surface area contributed by atoms with Crippen molar-refractivity contribution in [3.8, 4) is 39.5 Å². The van der Waals surface area contributed by atoms with E-state index in [1.54, 1.807) is 20.2 Å². The number of ether oxygens (including phenoxy) is 1. The van der Waals surface area contributed by atoms with Gasteiger partial charge in [0.05, 0.1) is 34.6 Å². The van der Waals surface area contributed by atoms with Gasteiger partial charge in [0.1, 0.15) is 0 Å². The van der Waals surface area contributed by atoms with Crippen LogP contribution < -0.4 is 4.74 Å². The molecule has 0 spiro atoms. The summed E-state index contributed by atoms with van der Waals surface area (Å²) in [6, 6.07) is 15.6. The third-order valence-corrected chi connectivity index (χ3v) is 7.99. The number of β-amino-alcohol motifs (C(OH)–C–C–N with tert-alkyl or cyclic N) is 1. The third kappa shape index (κ3) is 5.27. The van der Waals surface area contributed by atoms with Gasteiger partial charge in [0.25, 0.3) is 0 Å². The Morgan fingerprint density at radius 3 is 2.55 bits per heavy atom. The van der Waals surface area contributed by atoms with E-state index >= 15 is 0 Å². The highest BCUT2D eigenvalue weighted by Gasteiger charge is 2.23. The van der Waals surface area contributed by atoms with Crippen LogP contribution in [0.5, 0.6) is 5.88 Å². The number of halogens is 3. The molecule has 3 heterocycles. The minimum absolute atomic E-state index is 0.380. The topological polar surface area (TPSA) is 58.5 Å². The summed E-state index contributed by atoms with van der Waals surface area (Å²) in [4.78, 5) is 11.5. The van der Waals surface area contributed by atoms with E-state index in [1.807, 2.05) is 49.4 Å². The number of pyridine rings is 2. The molecule has 1 aliphatic heterocycles. The normalized spacial score (nSPS) is 14.3. The summed E-state index contributed by atoms with van der Waals surface area (Å²) in [7, 11) is 1.61. The van der Waals surface area contributed by atoms with Gasteiger partial charge < -0.3 is 9.84 Å². The van der Waals surface area contributed by atoms with Crippen LogP contribution in [0.4, 0.5) is 0 Å². The van der Waals surface area contributed by atoms with Crippen LogP contribution in [-0.2, 0) is 13.0 Å². The molecule has 0 amide bonds. The summed E-state index contributed by atoms with van der Waals surface area (Å²) < 4.78 is 5.41. The Morgan fingerprint density at radius 1 is 1.03 bits per heavy atom. The summed E-state index contributed by atoms with van der Waals surface area (Å²) in [6.07, 6.45) is 2.20. The quantitative estimate of drug-likeness (QED) is 0.261. The molecule has 0 saturated heterocycles. The molecule has 8 heteroatoms. The number of rotatable bonds is 6. The minimum atomic E-state index is -0.380. The maximum atomic E-state index is 9.78. The van der Waals surface area contributed by atoms with Crippen molar-refractivity contribution in [1.82, 2.24) is 14.9 Å². The van der Waals surface area contributed by atoms with E-state index in [1.165, 1.54) is 5.56 Å². The number of nitrogens with zero attached hydrogens (tertiary/aromatic N) is 3. The fourth-order valence-corrected chi connectivity index (χ4v) is 5.94. The van der Waals surface area contributed by atoms with E-state index in [0.717, 1.165) is 52.0 Å². The summed E-state index contributed by atoms with van der Waals surface area (Å²) >= 11 is 20.7. The zero-order valence-corrected chi connectivity index (χ0v) is 23.7. The molecule has 1 atom stereocenters. The number of fused-ring (bicyclic) bond motifs is 1. The van der Waals surface area contributed by atoms with Gasteiger partial charge in [-0.05, 0) is 55.7 Å². The SMILES string of the molecule is COc1nc(-c2cccc(-c3ccnc(-c4cc(Cl)c5c(c4)CCN(C[C@H](C)O)C5)c3Cl)c2Cl)ccc1C. The maximum Gasteiger partial charge on any atom is 0.216 e. The van der Waals surface area contributed by atoms with Crippen molar-refractivity contribution in [3.63, 3.8) is 0 Å². The van der Waals surface area contributed by atoms with Crippen LogP contribution in [0.1, 0.15) is 23.6 Å². The smallest absolute Gasteiger partial charge is 0.216 e. The van der Waals surface area contributed by atoms with Crippen LogP contribution in [-0.4, -0.2) is 46.3 Å². The molecule has 0 bridgehead atoms. The van der Waals surface area contributed by atoms with Gasteiger partial charge in [-0.1, -0.05) is 59.1 Å². The lowest BCUT2D eigenvalue weighted by Crippen LogP contribution is -2.35. The monoisotopic (exact) mass is 567 g/mol. The predicted molar refractivity (Wildman–Crippen MR) is 155 cm³/mol. The molecule has 4 aromatic rings. The van der Waals surface area contributed by atoms with Gasteiger partial charge >= 0.3 is 0 Å². The van der Waals surface area contributed by atoms with Crippen LogP contribution in [0.25, 0.3) is 33.6 Å². The summed E-state index contributed by atoms with van der Waals surface area (Å²) in [5, 5.41) is 11.5. The molecule has 0 fully saturated rings. The van der Waals surface area contributed by atoms with Gasteiger partial charge in [-0.3, -0.25) is 9.88 Å². The Kier molecular flexibility index (Phi) is 7.94. The average Bonchev–Trinajstić information content (AvgIpc) is 2.89. The Labute approximate surface area is 238 Å². The average molecular weight is 569 g/mol. The lowest BCUT2D eigenvalue weighted by Gasteiger charge is -2.30. The molecular weight excluding hydrogens is 541 g/mol. The highest BCUT2D eigenvalue weighted by atomic mass is 35.5. The van der Waals surface area contributed by atoms with Crippen molar-refractivity contribution in [2.24, 2.45) is 0 Å². The van der Waals surface area contributed by atoms with Crippen molar-refractivity contribution in [2.75, 3.05) is 20.2 Å². The van der Waals surface area contributed by atoms with Gasteiger partial charge in [0, 0.05) is 58.7 Å². The van der Waals surface area contributed by atoms with E-state index in [2.05, 4.69) is 20.9 Å². The molecule has 1 aliphatic rings. The standard InChI is InChI=1S/C30H28Cl3N3O2/c1-17-7-8-26(35-30(17)38-3)23-6-4-5-21(27(23)32)22-9-11-34-29(28(22)33)20-13-19-10-12-36(15-18(2)37)16-24(19)25(31)14-20/h4-9,11,13-14,18,37H,10,12,15-16H2,1-3H3/t18-/m0/s1. The van der Waals surface area contributed by atoms with Gasteiger partial charge in [-0.2, -0.15) is 0 Å². The van der Waals surface area contributed by atoms with Gasteiger partial charge in [-0.15, -0.1) is 0 Å². The number of aliphatic hydroxyl groups is 1. The van der Waals surface area contributed by atoms with Crippen LogP contribution in [0, 0.1) is 6.92 Å². The highest BCUT2D eigenvalue weighted by molar-refractivity contribution is 6.39. The second kappa shape index (κ2) is 11.2. The van der Waals surface area contributed by atoms with Gasteiger partial charge in [0.2, 0.25) is 5.88 Å². The highest BCUT2D eigenvalue weighted by Crippen LogP contribution is 2.42. The molecular formula is C30H28Cl3N3O2. The fourth-order valence-electron chi connectivity index (χ4n) is 5.00. The molecule has 0 aliphatic carbocycles. The molecule has 5 nitrogen and oxygen atoms in total. The van der Waals surface area contributed by atoms with Crippen molar-refractivity contribution in [2.45, 2.75) is 32.9 Å². The first-order valence-electron chi connectivity index (χ1n) is 12.4. The number of hydrogen-bond acceptors (Lipinski definition) is 5. The van der Waals surface area contributed by atoms with Gasteiger partial charge in [-0.25, -0.2) is 4.98 Å². The Morgan fingerprint density at radius 2 is 1.79 bits per heavy atom. The van der Waals surface area contributed by atoms with Crippen molar-refractivity contribution >= 4 is 34.8 Å². The summed E-state index contributed by atoms with van der Waals surface area (Å²) in [5.41, 5.74) is 7.80. The number of aryl methyl sites for hydroxylation is 1. The van der Waals surface area contributed by atoms with Crippen molar-refractivity contribution in [3.05, 3.63) is 86.5 Å². The largest absolute Gasteiger partial charge is 0.481 e. The second-order valence-corrected chi connectivity index (χ2v) is 10.8. The minimum Gasteiger partial charge on any atom is -0.481 e. The van der Waals surface area contributed by atoms with Crippen LogP contribution >= 0.6 is 34.8 Å². The van der Waals surface area contributed by atoms with Gasteiger partial charge in [0.15, 0.2) is 0 Å². The molecule has 2 aromatic heterocycles. The zero-order chi connectivity index (χ0) is 27.0. The molecule has 0 radical (unpaired) electrons. The first kappa shape index (κ1) is 26.9. The number of benzene rings is 2. The van der Waals surface area contributed by atoms with Crippen LogP contribution in [0.3, 0.4) is 0 Å². The van der Waals surface area contributed by atoms with Crippen LogP contribution in [0.2, 0.25) is 15.1 Å². The lowest BCUT2D eigenvalue weighted by molar-refractivity contribution is 0.119. The first-order chi connectivity index (χ1) is 18.3. The number of aromatic nitrogens is 2.